The van der Waals surface area contributed by atoms with Gasteiger partial charge in [-0.3, -0.25) is 9.59 Å². The van der Waals surface area contributed by atoms with E-state index < -0.39 is 18.5 Å². The number of nitrogens with one attached hydrogen (secondary N) is 1. The third-order valence-electron chi connectivity index (χ3n) is 3.95. The van der Waals surface area contributed by atoms with Crippen LogP contribution in [-0.2, 0) is 9.53 Å². The summed E-state index contributed by atoms with van der Waals surface area (Å²) in [5.41, 5.74) is 1.32. The normalized spacial score (nSPS) is 10.3. The Morgan fingerprint density at radius 3 is 2.28 bits per heavy atom. The first-order valence-electron chi connectivity index (χ1n) is 8.56. The van der Waals surface area contributed by atoms with Crippen LogP contribution in [-0.4, -0.2) is 24.3 Å². The van der Waals surface area contributed by atoms with Gasteiger partial charge in [-0.1, -0.05) is 57.9 Å². The Morgan fingerprint density at radius 1 is 0.897 bits per heavy atom. The summed E-state index contributed by atoms with van der Waals surface area (Å²) in [4.78, 5) is 37.1. The predicted octanol–water partition coefficient (Wildman–Crippen LogP) is 5.13. The van der Waals surface area contributed by atoms with Gasteiger partial charge in [0.25, 0.3) is 5.91 Å². The van der Waals surface area contributed by atoms with Crippen molar-refractivity contribution in [1.29, 1.82) is 0 Å². The number of carbonyl (C=O) groups excluding carboxylic acids is 3. The number of rotatable bonds is 6. The molecule has 0 aliphatic carbocycles. The van der Waals surface area contributed by atoms with Crippen molar-refractivity contribution in [3.63, 3.8) is 0 Å². The molecule has 0 atom stereocenters. The van der Waals surface area contributed by atoms with Crippen molar-refractivity contribution in [3.8, 4) is 0 Å². The van der Waals surface area contributed by atoms with Gasteiger partial charge in [0.1, 0.15) is 0 Å². The van der Waals surface area contributed by atoms with Gasteiger partial charge in [-0.25, -0.2) is 4.79 Å². The number of carbonyl (C=O) groups is 3. The number of ether oxygens (including phenoxy) is 1. The minimum Gasteiger partial charge on any atom is -0.452 e. The minimum absolute atomic E-state index is 0.247. The van der Waals surface area contributed by atoms with Crippen LogP contribution < -0.4 is 5.32 Å². The van der Waals surface area contributed by atoms with Crippen LogP contribution in [0.2, 0.25) is 5.02 Å². The maximum atomic E-state index is 12.8. The lowest BCUT2D eigenvalue weighted by Gasteiger charge is -2.11. The third kappa shape index (κ3) is 5.53. The number of amides is 1. The molecule has 0 saturated heterocycles. The molecule has 0 aliphatic heterocycles. The van der Waals surface area contributed by atoms with E-state index in [0.29, 0.717) is 16.1 Å². The fourth-order valence-corrected chi connectivity index (χ4v) is 2.98. The number of ketones is 1. The highest BCUT2D eigenvalue weighted by molar-refractivity contribution is 9.10. The van der Waals surface area contributed by atoms with E-state index in [4.69, 9.17) is 16.3 Å². The quantitative estimate of drug-likeness (QED) is 0.399. The summed E-state index contributed by atoms with van der Waals surface area (Å²) in [6.07, 6.45) is 0. The highest BCUT2D eigenvalue weighted by Crippen LogP contribution is 2.24. The zero-order valence-electron chi connectivity index (χ0n) is 15.0. The molecule has 3 rings (SSSR count). The molecule has 3 aromatic carbocycles. The van der Waals surface area contributed by atoms with Crippen LogP contribution in [0, 0.1) is 0 Å². The van der Waals surface area contributed by atoms with Gasteiger partial charge in [0.15, 0.2) is 12.4 Å². The Balaban J connectivity index is 1.69. The van der Waals surface area contributed by atoms with Crippen LogP contribution in [0.5, 0.6) is 0 Å². The van der Waals surface area contributed by atoms with Crippen molar-refractivity contribution >= 4 is 50.9 Å². The molecule has 146 valence electrons. The van der Waals surface area contributed by atoms with E-state index in [0.717, 1.165) is 4.47 Å². The van der Waals surface area contributed by atoms with E-state index in [-0.39, 0.29) is 17.0 Å². The molecule has 0 unspecified atom stereocenters. The van der Waals surface area contributed by atoms with Crippen LogP contribution in [0.25, 0.3) is 0 Å². The molecule has 3 aromatic rings. The first kappa shape index (κ1) is 20.8. The van der Waals surface area contributed by atoms with Crippen molar-refractivity contribution in [2.45, 2.75) is 0 Å². The average molecular weight is 473 g/mol. The second kappa shape index (κ2) is 9.49. The Labute approximate surface area is 180 Å². The molecule has 1 N–H and O–H groups in total. The summed E-state index contributed by atoms with van der Waals surface area (Å²) in [7, 11) is 0. The van der Waals surface area contributed by atoms with Crippen LogP contribution in [0.3, 0.4) is 0 Å². The smallest absolute Gasteiger partial charge is 0.338 e. The summed E-state index contributed by atoms with van der Waals surface area (Å²) in [5.74, 6) is -1.47. The largest absolute Gasteiger partial charge is 0.452 e. The molecule has 0 spiro atoms. The van der Waals surface area contributed by atoms with Crippen LogP contribution in [0.4, 0.5) is 5.69 Å². The third-order valence-corrected chi connectivity index (χ3v) is 4.71. The summed E-state index contributed by atoms with van der Waals surface area (Å²) >= 11 is 9.31. The van der Waals surface area contributed by atoms with E-state index in [1.807, 2.05) is 0 Å². The summed E-state index contributed by atoms with van der Waals surface area (Å²) in [6, 6.07) is 19.8. The van der Waals surface area contributed by atoms with Crippen LogP contribution >= 0.6 is 27.5 Å². The molecule has 0 radical (unpaired) electrons. The van der Waals surface area contributed by atoms with Gasteiger partial charge in [-0.15, -0.1) is 0 Å². The van der Waals surface area contributed by atoms with Gasteiger partial charge in [0, 0.05) is 20.6 Å². The molecule has 0 heterocycles. The molecular formula is C22H15BrClNO4. The van der Waals surface area contributed by atoms with Crippen molar-refractivity contribution in [2.24, 2.45) is 0 Å². The predicted molar refractivity (Wildman–Crippen MR) is 114 cm³/mol. The number of anilines is 1. The molecule has 0 saturated carbocycles. The molecular weight excluding hydrogens is 458 g/mol. The monoisotopic (exact) mass is 471 g/mol. The standard InChI is InChI=1S/C22H15BrClNO4/c23-16-8-6-15(7-9-16)22(28)29-13-20(26)25-19-11-10-17(24)12-18(19)21(27)14-4-2-1-3-5-14/h1-12H,13H2,(H,25,26). The highest BCUT2D eigenvalue weighted by atomic mass is 79.9. The van der Waals surface area contributed by atoms with Gasteiger partial charge in [0.2, 0.25) is 0 Å². The van der Waals surface area contributed by atoms with Gasteiger partial charge in [0.05, 0.1) is 11.3 Å². The molecule has 1 amide bonds. The van der Waals surface area contributed by atoms with E-state index in [2.05, 4.69) is 21.2 Å². The summed E-state index contributed by atoms with van der Waals surface area (Å²) in [6.45, 7) is -0.490. The number of halogens is 2. The zero-order chi connectivity index (χ0) is 20.8. The van der Waals surface area contributed by atoms with Gasteiger partial charge >= 0.3 is 5.97 Å². The lowest BCUT2D eigenvalue weighted by molar-refractivity contribution is -0.119. The van der Waals surface area contributed by atoms with Crippen molar-refractivity contribution in [1.82, 2.24) is 0 Å². The molecule has 5 nitrogen and oxygen atoms in total. The fourth-order valence-electron chi connectivity index (χ4n) is 2.55. The Kier molecular flexibility index (Phi) is 6.80. The molecule has 0 fully saturated rings. The lowest BCUT2D eigenvalue weighted by Crippen LogP contribution is -2.22. The van der Waals surface area contributed by atoms with E-state index >= 15 is 0 Å². The Hall–Kier alpha value is -2.96. The number of benzene rings is 3. The minimum atomic E-state index is -0.621. The van der Waals surface area contributed by atoms with Gasteiger partial charge in [-0.2, -0.15) is 0 Å². The lowest BCUT2D eigenvalue weighted by atomic mass is 10.0. The second-order valence-corrected chi connectivity index (χ2v) is 7.37. The topological polar surface area (TPSA) is 72.5 Å². The van der Waals surface area contributed by atoms with Gasteiger partial charge < -0.3 is 10.1 Å². The van der Waals surface area contributed by atoms with Crippen molar-refractivity contribution < 1.29 is 19.1 Å². The van der Waals surface area contributed by atoms with Gasteiger partial charge in [-0.05, 0) is 42.5 Å². The maximum absolute atomic E-state index is 12.8. The fraction of sp³-hybridized carbons (Fsp3) is 0.0455. The van der Waals surface area contributed by atoms with E-state index in [1.54, 1.807) is 60.7 Å². The average Bonchev–Trinajstić information content (AvgIpc) is 2.74. The van der Waals surface area contributed by atoms with E-state index in [1.165, 1.54) is 12.1 Å². The maximum Gasteiger partial charge on any atom is 0.338 e. The SMILES string of the molecule is O=C(COC(=O)c1ccc(Br)cc1)Nc1ccc(Cl)cc1C(=O)c1ccccc1. The number of esters is 1. The molecule has 0 bridgehead atoms. The second-order valence-electron chi connectivity index (χ2n) is 6.02. The molecule has 7 heteroatoms. The van der Waals surface area contributed by atoms with E-state index in [9.17, 15) is 14.4 Å². The summed E-state index contributed by atoms with van der Waals surface area (Å²) < 4.78 is 5.86. The Bertz CT molecular complexity index is 1050. The Morgan fingerprint density at radius 2 is 1.59 bits per heavy atom. The molecule has 0 aliphatic rings. The first-order valence-corrected chi connectivity index (χ1v) is 9.73. The highest BCUT2D eigenvalue weighted by Gasteiger charge is 2.17. The van der Waals surface area contributed by atoms with Crippen molar-refractivity contribution in [3.05, 3.63) is 99.0 Å². The van der Waals surface area contributed by atoms with Crippen LogP contribution in [0.1, 0.15) is 26.3 Å². The summed E-state index contributed by atoms with van der Waals surface area (Å²) in [5, 5.41) is 2.97. The van der Waals surface area contributed by atoms with Crippen LogP contribution in [0.15, 0.2) is 77.3 Å². The number of hydrogen-bond acceptors (Lipinski definition) is 4. The zero-order valence-corrected chi connectivity index (χ0v) is 17.4. The number of hydrogen-bond donors (Lipinski definition) is 1. The van der Waals surface area contributed by atoms with Crippen molar-refractivity contribution in [2.75, 3.05) is 11.9 Å². The molecule has 29 heavy (non-hydrogen) atoms. The molecule has 0 aromatic heterocycles. The first-order chi connectivity index (χ1) is 13.9.